The summed E-state index contributed by atoms with van der Waals surface area (Å²) >= 11 is -0.161. The van der Waals surface area contributed by atoms with Crippen molar-refractivity contribution in [3.63, 3.8) is 0 Å². The second kappa shape index (κ2) is 6.68. The summed E-state index contributed by atoms with van der Waals surface area (Å²) in [5.74, 6) is 0. The largest absolute Gasteiger partial charge is 1.00 e. The van der Waals surface area contributed by atoms with Crippen LogP contribution < -0.4 is 24.8 Å². The van der Waals surface area contributed by atoms with Gasteiger partial charge in [-0.1, -0.05) is 0 Å². The number of hydrogen-bond acceptors (Lipinski definition) is 0. The normalized spacial score (nSPS) is 23.5. The summed E-state index contributed by atoms with van der Waals surface area (Å²) in [5, 5.41) is 0. The number of rotatable bonds is 0. The number of allylic oxidation sites excluding steroid dienone is 4. The van der Waals surface area contributed by atoms with Gasteiger partial charge in [0, 0.05) is 0 Å². The van der Waals surface area contributed by atoms with Gasteiger partial charge in [-0.2, -0.15) is 0 Å². The number of halogens is 2. The fourth-order valence-electron chi connectivity index (χ4n) is 5.51. The van der Waals surface area contributed by atoms with Gasteiger partial charge in [0.2, 0.25) is 0 Å². The Hall–Kier alpha value is -0.786. The first-order valence-corrected chi connectivity index (χ1v) is 10.7. The molecule has 0 amide bonds. The number of hydrogen-bond donors (Lipinski definition) is 0. The van der Waals surface area contributed by atoms with E-state index in [0.29, 0.717) is 8.45 Å². The van der Waals surface area contributed by atoms with Crippen molar-refractivity contribution in [3.8, 4) is 0 Å². The third-order valence-corrected chi connectivity index (χ3v) is 9.68. The molecule has 0 N–H and O–H groups in total. The summed E-state index contributed by atoms with van der Waals surface area (Å²) in [6.07, 6.45) is 0. The van der Waals surface area contributed by atoms with Crippen LogP contribution in [0.2, 0.25) is 0 Å². The molecule has 2 aliphatic carbocycles. The van der Waals surface area contributed by atoms with Crippen LogP contribution in [0.5, 0.6) is 0 Å². The van der Waals surface area contributed by atoms with Crippen LogP contribution in [0.3, 0.4) is 0 Å². The van der Waals surface area contributed by atoms with E-state index in [2.05, 4.69) is 76.2 Å². The minimum Gasteiger partial charge on any atom is -1.00 e. The van der Waals surface area contributed by atoms with E-state index in [4.69, 9.17) is 0 Å². The van der Waals surface area contributed by atoms with Crippen LogP contribution in [0.4, 0.5) is 0 Å². The zero-order valence-electron chi connectivity index (χ0n) is 15.5. The smallest absolute Gasteiger partial charge is 1.00 e. The molecule has 2 unspecified atom stereocenters. The van der Waals surface area contributed by atoms with Crippen molar-refractivity contribution in [2.24, 2.45) is 5.41 Å². The van der Waals surface area contributed by atoms with Crippen molar-refractivity contribution in [2.45, 2.75) is 36.1 Å². The predicted molar refractivity (Wildman–Crippen MR) is 97.3 cm³/mol. The van der Waals surface area contributed by atoms with Crippen molar-refractivity contribution in [1.82, 2.24) is 0 Å². The van der Waals surface area contributed by atoms with Gasteiger partial charge in [0.25, 0.3) is 0 Å². The molecule has 4 bridgehead atoms. The molecule has 3 heteroatoms. The molecule has 0 saturated heterocycles. The van der Waals surface area contributed by atoms with E-state index < -0.39 is 0 Å². The van der Waals surface area contributed by atoms with Gasteiger partial charge in [-0.15, -0.1) is 0 Å². The summed E-state index contributed by atoms with van der Waals surface area (Å²) < 4.78 is 1.39. The average molecular weight is 417 g/mol. The maximum atomic E-state index is 2.45. The van der Waals surface area contributed by atoms with E-state index in [1.54, 1.807) is 33.4 Å². The summed E-state index contributed by atoms with van der Waals surface area (Å²) in [6.45, 7) is 9.73. The zero-order valence-corrected chi connectivity index (χ0v) is 18.6. The molecule has 26 heavy (non-hydrogen) atoms. The first-order chi connectivity index (χ1) is 11.5. The summed E-state index contributed by atoms with van der Waals surface area (Å²) in [7, 11) is 0. The monoisotopic (exact) mass is 416 g/mol. The van der Waals surface area contributed by atoms with E-state index in [1.807, 2.05) is 0 Å². The van der Waals surface area contributed by atoms with E-state index in [0.717, 1.165) is 0 Å². The van der Waals surface area contributed by atoms with Crippen LogP contribution in [0, 0.1) is 5.41 Å². The Morgan fingerprint density at radius 3 is 1.50 bits per heavy atom. The standard InChI is InChI=1S/C23H22.2ClH.Ti/c1-15-13-17-9-5-7-11-19(17)21(15)23(3,4)22-16(2)14-18-10-6-8-12-20(18)22;;;/h5-14H,1-4H3;2*1H;/q;;;+2/p-2. The molecule has 2 atom stereocenters. The van der Waals surface area contributed by atoms with E-state index >= 15 is 0 Å². The molecule has 0 radical (unpaired) electrons. The molecule has 0 aromatic heterocycles. The Morgan fingerprint density at radius 1 is 0.692 bits per heavy atom. The third kappa shape index (κ3) is 2.39. The first kappa shape index (κ1) is 20.0. The van der Waals surface area contributed by atoms with E-state index in [9.17, 15) is 0 Å². The molecular weight excluding hydrogens is 395 g/mol. The third-order valence-electron chi connectivity index (χ3n) is 6.32. The SMILES string of the molecule is CC1=C2c3ccccc3[CH]1[Ti+2][CH]1C(C)=C(c3ccccc31)C2(C)C.[Cl-].[Cl-]. The van der Waals surface area contributed by atoms with Crippen LogP contribution in [0.25, 0.3) is 11.1 Å². The van der Waals surface area contributed by atoms with Crippen LogP contribution in [0.15, 0.2) is 59.7 Å². The van der Waals surface area contributed by atoms with Gasteiger partial charge < -0.3 is 24.8 Å². The molecule has 5 rings (SSSR count). The van der Waals surface area contributed by atoms with Crippen molar-refractivity contribution in [2.75, 3.05) is 0 Å². The van der Waals surface area contributed by atoms with Crippen molar-refractivity contribution >= 4 is 11.1 Å². The van der Waals surface area contributed by atoms with Crippen molar-refractivity contribution in [3.05, 3.63) is 81.9 Å². The molecule has 0 saturated carbocycles. The maximum Gasteiger partial charge on any atom is -1.00 e. The van der Waals surface area contributed by atoms with E-state index in [-0.39, 0.29) is 49.4 Å². The number of benzene rings is 2. The van der Waals surface area contributed by atoms with Crippen LogP contribution >= 0.6 is 0 Å². The molecule has 0 spiro atoms. The second-order valence-electron chi connectivity index (χ2n) is 7.95. The summed E-state index contributed by atoms with van der Waals surface area (Å²) in [4.78, 5) is 0. The van der Waals surface area contributed by atoms with Gasteiger partial charge in [-0.25, -0.2) is 0 Å². The van der Waals surface area contributed by atoms with Gasteiger partial charge in [-0.05, 0) is 0 Å². The quantitative estimate of drug-likeness (QED) is 0.537. The topological polar surface area (TPSA) is 0 Å². The Labute approximate surface area is 177 Å². The zero-order chi connectivity index (χ0) is 16.6. The molecule has 0 nitrogen and oxygen atoms in total. The van der Waals surface area contributed by atoms with Crippen LogP contribution in [-0.2, 0) is 19.2 Å². The minimum atomic E-state index is -0.161. The molecule has 0 fully saturated rings. The van der Waals surface area contributed by atoms with Gasteiger partial charge in [0.1, 0.15) is 0 Å². The Kier molecular flexibility index (Phi) is 5.12. The molecular formula is C23H22Cl2Ti. The Bertz CT molecular complexity index is 877. The van der Waals surface area contributed by atoms with E-state index in [1.165, 1.54) is 11.1 Å². The average Bonchev–Trinajstić information content (AvgIpc) is 3.02. The molecule has 1 heterocycles. The maximum absolute atomic E-state index is 2.45. The first-order valence-electron chi connectivity index (χ1n) is 8.89. The minimum absolute atomic E-state index is 0. The van der Waals surface area contributed by atoms with Crippen molar-refractivity contribution in [1.29, 1.82) is 0 Å². The predicted octanol–water partition coefficient (Wildman–Crippen LogP) is 0.174. The number of fused-ring (bicyclic) bond motifs is 8. The Balaban J connectivity index is 0.000000980. The van der Waals surface area contributed by atoms with Crippen LogP contribution in [-0.4, -0.2) is 0 Å². The molecule has 1 aliphatic heterocycles. The van der Waals surface area contributed by atoms with Crippen molar-refractivity contribution < 1.29 is 44.0 Å². The molecule has 2 aromatic rings. The van der Waals surface area contributed by atoms with Gasteiger partial charge in [0.05, 0.1) is 0 Å². The molecule has 132 valence electrons. The Morgan fingerprint density at radius 2 is 1.08 bits per heavy atom. The van der Waals surface area contributed by atoms with Crippen LogP contribution in [0.1, 0.15) is 58.4 Å². The summed E-state index contributed by atoms with van der Waals surface area (Å²) in [5.41, 5.74) is 12.9. The molecule has 2 aromatic carbocycles. The van der Waals surface area contributed by atoms with Gasteiger partial charge in [-0.3, -0.25) is 0 Å². The van der Waals surface area contributed by atoms with Gasteiger partial charge >= 0.3 is 154 Å². The fourth-order valence-corrected chi connectivity index (χ4v) is 8.61. The fraction of sp³-hybridized carbons (Fsp3) is 0.304. The second-order valence-corrected chi connectivity index (χ2v) is 10.3. The van der Waals surface area contributed by atoms with Gasteiger partial charge in [0.15, 0.2) is 0 Å². The summed E-state index contributed by atoms with van der Waals surface area (Å²) in [6, 6.07) is 18.4. The molecule has 3 aliphatic rings.